The third-order valence-corrected chi connectivity index (χ3v) is 2.39. The van der Waals surface area contributed by atoms with E-state index in [4.69, 9.17) is 10.8 Å². The first kappa shape index (κ1) is 15.5. The lowest BCUT2D eigenvalue weighted by Crippen LogP contribution is -2.56. The van der Waals surface area contributed by atoms with Crippen LogP contribution in [0.15, 0.2) is 12.2 Å². The largest absolute Gasteiger partial charge is 0.393 e. The highest BCUT2D eigenvalue weighted by Gasteiger charge is 2.10. The number of unbranched alkanes of at least 4 members (excludes halogenated alkanes) is 1. The molecule has 0 aromatic rings. The van der Waals surface area contributed by atoms with Crippen molar-refractivity contribution in [2.45, 2.75) is 44.0 Å². The monoisotopic (exact) mass is 233 g/mol. The van der Waals surface area contributed by atoms with Gasteiger partial charge in [-0.25, -0.2) is 0 Å². The zero-order valence-electron chi connectivity index (χ0n) is 9.76. The predicted octanol–water partition coefficient (Wildman–Crippen LogP) is -1.61. The average molecular weight is 233 g/mol. The van der Waals surface area contributed by atoms with Gasteiger partial charge in [0.15, 0.2) is 0 Å². The summed E-state index contributed by atoms with van der Waals surface area (Å²) in [5.74, 6) is 0. The van der Waals surface area contributed by atoms with Crippen molar-refractivity contribution >= 4 is 0 Å². The lowest BCUT2D eigenvalue weighted by Gasteiger charge is -2.12. The van der Waals surface area contributed by atoms with Gasteiger partial charge in [-0.3, -0.25) is 0 Å². The smallest absolute Gasteiger partial charge is 0.105 e. The first-order valence-electron chi connectivity index (χ1n) is 5.80. The summed E-state index contributed by atoms with van der Waals surface area (Å²) >= 11 is 0. The Morgan fingerprint density at radius 2 is 1.88 bits per heavy atom. The third kappa shape index (κ3) is 8.82. The topological polar surface area (TPSA) is 114 Å². The van der Waals surface area contributed by atoms with Crippen LogP contribution in [0.3, 0.4) is 0 Å². The lowest BCUT2D eigenvalue weighted by molar-refractivity contribution is -0.384. The fraction of sp³-hybridized carbons (Fsp3) is 0.818. The van der Waals surface area contributed by atoms with E-state index in [1.807, 2.05) is 6.08 Å². The molecule has 0 aliphatic rings. The first-order valence-corrected chi connectivity index (χ1v) is 5.80. The van der Waals surface area contributed by atoms with Crippen molar-refractivity contribution in [3.8, 4) is 0 Å². The number of nitrogens with two attached hydrogens (primary N) is 1. The number of aliphatic hydroxyl groups is 3. The van der Waals surface area contributed by atoms with Crippen molar-refractivity contribution in [1.29, 1.82) is 0 Å². The summed E-state index contributed by atoms with van der Waals surface area (Å²) in [5.41, 5.74) is 8.80. The van der Waals surface area contributed by atoms with Gasteiger partial charge in [0.05, 0.1) is 12.2 Å². The Balaban J connectivity index is 3.47. The number of hydrogen-bond donors (Lipinski definition) is 5. The van der Waals surface area contributed by atoms with Crippen molar-refractivity contribution in [2.75, 3.05) is 13.1 Å². The quantitative estimate of drug-likeness (QED) is 0.243. The molecule has 0 saturated carbocycles. The van der Waals surface area contributed by atoms with Crippen molar-refractivity contribution in [3.05, 3.63) is 12.2 Å². The number of quaternary nitrogens is 1. The van der Waals surface area contributed by atoms with E-state index in [1.165, 1.54) is 0 Å². The second-order valence-electron chi connectivity index (χ2n) is 3.99. The van der Waals surface area contributed by atoms with Gasteiger partial charge in [0.2, 0.25) is 0 Å². The average Bonchev–Trinajstić information content (AvgIpc) is 2.27. The van der Waals surface area contributed by atoms with Crippen LogP contribution in [0.2, 0.25) is 0 Å². The molecule has 0 fully saturated rings. The number of aliphatic hydroxyl groups excluding tert-OH is 3. The van der Waals surface area contributed by atoms with E-state index >= 15 is 0 Å². The maximum absolute atomic E-state index is 9.52. The number of hydrogen-bond acceptors (Lipinski definition) is 4. The van der Waals surface area contributed by atoms with Crippen LogP contribution < -0.4 is 11.5 Å². The van der Waals surface area contributed by atoms with Crippen LogP contribution in [0, 0.1) is 0 Å². The molecule has 0 rings (SSSR count). The van der Waals surface area contributed by atoms with E-state index in [0.29, 0.717) is 19.4 Å². The minimum Gasteiger partial charge on any atom is -0.393 e. The summed E-state index contributed by atoms with van der Waals surface area (Å²) in [5, 5.41) is 27.9. The summed E-state index contributed by atoms with van der Waals surface area (Å²) in [6.45, 7) is 0.661. The van der Waals surface area contributed by atoms with Gasteiger partial charge in [0.1, 0.15) is 12.6 Å². The molecule has 0 radical (unpaired) electrons. The molecule has 0 aliphatic carbocycles. The van der Waals surface area contributed by atoms with Gasteiger partial charge in [-0.2, -0.15) is 0 Å². The maximum Gasteiger partial charge on any atom is 0.105 e. The van der Waals surface area contributed by atoms with Gasteiger partial charge < -0.3 is 26.8 Å². The summed E-state index contributed by atoms with van der Waals surface area (Å²) in [7, 11) is 0. The zero-order chi connectivity index (χ0) is 12.4. The van der Waals surface area contributed by atoms with E-state index in [-0.39, 0.29) is 6.54 Å². The highest BCUT2D eigenvalue weighted by molar-refractivity contribution is 4.88. The summed E-state index contributed by atoms with van der Waals surface area (Å²) in [6.07, 6.45) is 4.65. The molecule has 5 nitrogen and oxygen atoms in total. The molecule has 0 aromatic carbocycles. The molecule has 0 bridgehead atoms. The van der Waals surface area contributed by atoms with Crippen LogP contribution in [0.1, 0.15) is 25.7 Å². The fourth-order valence-electron chi connectivity index (χ4n) is 1.35. The Morgan fingerprint density at radius 3 is 2.44 bits per heavy atom. The van der Waals surface area contributed by atoms with Crippen molar-refractivity contribution in [3.63, 3.8) is 0 Å². The van der Waals surface area contributed by atoms with Crippen molar-refractivity contribution in [2.24, 2.45) is 5.73 Å². The van der Waals surface area contributed by atoms with Crippen LogP contribution in [-0.2, 0) is 0 Å². The molecule has 0 amide bonds. The van der Waals surface area contributed by atoms with Gasteiger partial charge in [0, 0.05) is 13.0 Å². The van der Waals surface area contributed by atoms with Crippen LogP contribution in [-0.4, -0.2) is 46.7 Å². The minimum absolute atomic E-state index is 0.231. The Labute approximate surface area is 96.8 Å². The summed E-state index contributed by atoms with van der Waals surface area (Å²) < 4.78 is 0. The van der Waals surface area contributed by atoms with Gasteiger partial charge in [-0.05, 0) is 19.3 Å². The van der Waals surface area contributed by atoms with E-state index in [0.717, 1.165) is 12.8 Å². The maximum atomic E-state index is 9.52. The molecule has 0 aliphatic heterocycles. The fourth-order valence-corrected chi connectivity index (χ4v) is 1.35. The minimum atomic E-state index is -0.571. The molecular weight excluding hydrogens is 208 g/mol. The van der Waals surface area contributed by atoms with Crippen LogP contribution in [0.25, 0.3) is 0 Å². The second-order valence-corrected chi connectivity index (χ2v) is 3.99. The SMILES string of the molecule is NCC(O)/C=C/CCCC(O)CC(O)C[NH3+]. The van der Waals surface area contributed by atoms with Gasteiger partial charge in [-0.15, -0.1) is 0 Å². The Hall–Kier alpha value is -0.460. The summed E-state index contributed by atoms with van der Waals surface area (Å²) in [6, 6.07) is 0. The predicted molar refractivity (Wildman–Crippen MR) is 62.4 cm³/mol. The molecule has 16 heavy (non-hydrogen) atoms. The number of allylic oxidation sites excluding steroid dienone is 1. The van der Waals surface area contributed by atoms with E-state index in [1.54, 1.807) is 6.08 Å². The summed E-state index contributed by atoms with van der Waals surface area (Å²) in [4.78, 5) is 0. The third-order valence-electron chi connectivity index (χ3n) is 2.39. The lowest BCUT2D eigenvalue weighted by atomic mass is 10.1. The molecule has 0 saturated heterocycles. The molecule has 96 valence electrons. The molecule has 3 atom stereocenters. The first-order chi connectivity index (χ1) is 7.60. The zero-order valence-corrected chi connectivity index (χ0v) is 9.76. The molecular formula is C11H25N2O3+. The van der Waals surface area contributed by atoms with E-state index < -0.39 is 18.3 Å². The molecule has 8 N–H and O–H groups in total. The Kier molecular flexibility index (Phi) is 9.46. The normalized spacial score (nSPS) is 17.6. The van der Waals surface area contributed by atoms with Crippen LogP contribution >= 0.6 is 0 Å². The van der Waals surface area contributed by atoms with Gasteiger partial charge in [0.25, 0.3) is 0 Å². The van der Waals surface area contributed by atoms with Gasteiger partial charge >= 0.3 is 0 Å². The molecule has 3 unspecified atom stereocenters. The highest BCUT2D eigenvalue weighted by atomic mass is 16.3. The number of rotatable bonds is 9. The molecule has 0 spiro atoms. The molecule has 0 heterocycles. The van der Waals surface area contributed by atoms with Crippen LogP contribution in [0.5, 0.6) is 0 Å². The van der Waals surface area contributed by atoms with Crippen molar-refractivity contribution in [1.82, 2.24) is 0 Å². The Morgan fingerprint density at radius 1 is 1.19 bits per heavy atom. The Bertz CT molecular complexity index is 188. The van der Waals surface area contributed by atoms with Crippen molar-refractivity contribution < 1.29 is 21.1 Å². The van der Waals surface area contributed by atoms with E-state index in [2.05, 4.69) is 5.73 Å². The molecule has 5 heteroatoms. The second kappa shape index (κ2) is 9.74. The van der Waals surface area contributed by atoms with Crippen LogP contribution in [0.4, 0.5) is 0 Å². The standard InChI is InChI=1S/C11H24N2O3/c12-7-10(15)5-3-1-2-4-9(14)6-11(16)8-13/h3,5,9-11,14-16H,1-2,4,6-8,12-13H2/p+1/b5-3+. The van der Waals surface area contributed by atoms with E-state index in [9.17, 15) is 10.2 Å². The van der Waals surface area contributed by atoms with Gasteiger partial charge in [-0.1, -0.05) is 12.2 Å². The molecule has 0 aromatic heterocycles. The highest BCUT2D eigenvalue weighted by Crippen LogP contribution is 2.07.